The topological polar surface area (TPSA) is 158 Å². The van der Waals surface area contributed by atoms with Crippen molar-refractivity contribution in [2.75, 3.05) is 45.8 Å². The minimum absolute atomic E-state index is 0.105. The van der Waals surface area contributed by atoms with E-state index < -0.39 is 49.9 Å². The number of hydrogen-bond donors (Lipinski definition) is 2. The third-order valence-electron chi connectivity index (χ3n) is 13.7. The normalized spacial score (nSPS) is 23.0. The molecule has 2 aliphatic carbocycles. The number of nitrogens with one attached hydrogen (secondary N) is 2. The number of amides is 2. The molecule has 10 rings (SSSR count). The molecule has 6 aliphatic rings. The summed E-state index contributed by atoms with van der Waals surface area (Å²) in [4.78, 5) is 30.9. The van der Waals surface area contributed by atoms with E-state index in [-0.39, 0.29) is 41.7 Å². The Balaban J connectivity index is 0.728. The van der Waals surface area contributed by atoms with Gasteiger partial charge in [0.15, 0.2) is 0 Å². The smallest absolute Gasteiger partial charge is 0.304 e. The maximum Gasteiger partial charge on any atom is 0.304 e. The van der Waals surface area contributed by atoms with Gasteiger partial charge in [-0.25, -0.2) is 18.2 Å². The summed E-state index contributed by atoms with van der Waals surface area (Å²) in [7, 11) is -8.34. The Labute approximate surface area is 384 Å². The molecule has 0 bridgehead atoms. The van der Waals surface area contributed by atoms with Crippen LogP contribution in [0.1, 0.15) is 118 Å². The molecule has 0 aromatic heterocycles. The summed E-state index contributed by atoms with van der Waals surface area (Å²) in [6.45, 7) is 5.09. The average Bonchev–Trinajstić information content (AvgIpc) is 4.17. The lowest BCUT2D eigenvalue weighted by molar-refractivity contribution is 0.0961. The van der Waals surface area contributed by atoms with Crippen LogP contribution in [0, 0.1) is 11.6 Å². The molecule has 6 fully saturated rings. The summed E-state index contributed by atoms with van der Waals surface area (Å²) < 4.78 is 102. The molecule has 0 radical (unpaired) electrons. The zero-order valence-corrected chi connectivity index (χ0v) is 38.2. The van der Waals surface area contributed by atoms with Gasteiger partial charge in [0.2, 0.25) is 0 Å². The molecule has 4 aromatic rings. The molecule has 2 N–H and O–H groups in total. The fraction of sp³-hybridized carbons (Fsp3) is 0.458. The maximum absolute atomic E-state index is 15.7. The van der Waals surface area contributed by atoms with E-state index in [1.807, 2.05) is 47.2 Å². The summed E-state index contributed by atoms with van der Waals surface area (Å²) in [6, 6.07) is 22.7. The quantitative estimate of drug-likeness (QED) is 0.126. The van der Waals surface area contributed by atoms with E-state index in [9.17, 15) is 26.4 Å². The molecule has 350 valence electrons. The highest BCUT2D eigenvalue weighted by molar-refractivity contribution is 7.88. The molecule has 4 heterocycles. The molecule has 4 aliphatic heterocycles. The van der Waals surface area contributed by atoms with Crippen LogP contribution in [-0.4, -0.2) is 105 Å². The van der Waals surface area contributed by atoms with E-state index in [0.29, 0.717) is 69.0 Å². The minimum atomic E-state index is -4.31. The molecular weight excluding hydrogens is 891 g/mol. The first-order valence-corrected chi connectivity index (χ1v) is 25.9. The molecule has 0 spiro atoms. The van der Waals surface area contributed by atoms with Crippen LogP contribution < -0.4 is 18.9 Å². The highest BCUT2D eigenvalue weighted by Gasteiger charge is 2.41. The molecular formula is C48H54F2N6O8S2. The Morgan fingerprint density at radius 3 is 1.55 bits per heavy atom. The molecule has 4 saturated heterocycles. The summed E-state index contributed by atoms with van der Waals surface area (Å²) in [5, 5.41) is 0. The van der Waals surface area contributed by atoms with Crippen LogP contribution in [0.5, 0.6) is 11.5 Å². The third kappa shape index (κ3) is 9.85. The van der Waals surface area contributed by atoms with Crippen LogP contribution in [0.2, 0.25) is 0 Å². The van der Waals surface area contributed by atoms with Crippen molar-refractivity contribution in [1.29, 1.82) is 0 Å². The van der Waals surface area contributed by atoms with E-state index in [1.165, 1.54) is 34.1 Å². The van der Waals surface area contributed by atoms with Crippen molar-refractivity contribution in [1.82, 2.24) is 27.9 Å². The lowest BCUT2D eigenvalue weighted by Gasteiger charge is -2.39. The van der Waals surface area contributed by atoms with Gasteiger partial charge in [-0.2, -0.15) is 25.4 Å². The fourth-order valence-electron chi connectivity index (χ4n) is 9.48. The van der Waals surface area contributed by atoms with Gasteiger partial charge in [0, 0.05) is 71.0 Å². The van der Waals surface area contributed by atoms with Crippen molar-refractivity contribution in [3.05, 3.63) is 129 Å². The van der Waals surface area contributed by atoms with Crippen LogP contribution in [-0.2, 0) is 33.5 Å². The van der Waals surface area contributed by atoms with Gasteiger partial charge in [0.05, 0.1) is 17.2 Å². The zero-order chi connectivity index (χ0) is 45.7. The lowest BCUT2D eigenvalue weighted by atomic mass is 9.97. The van der Waals surface area contributed by atoms with Crippen LogP contribution in [0.3, 0.4) is 0 Å². The predicted molar refractivity (Wildman–Crippen MR) is 241 cm³/mol. The van der Waals surface area contributed by atoms with Gasteiger partial charge < -0.3 is 9.47 Å². The average molecular weight is 945 g/mol. The first-order chi connectivity index (χ1) is 31.8. The Bertz CT molecular complexity index is 2720. The highest BCUT2D eigenvalue weighted by Crippen LogP contribution is 2.47. The van der Waals surface area contributed by atoms with Crippen LogP contribution >= 0.6 is 0 Å². The second-order valence-corrected chi connectivity index (χ2v) is 21.9. The van der Waals surface area contributed by atoms with Crippen molar-refractivity contribution >= 4 is 32.2 Å². The standard InChI is InChI=1S/C48H54F2N6O8S2/c49-42-25-45(38(33-11-12-33)23-40(42)47(57)51-65(59,60)55-18-4-19-55)64-37-16-21-54(30-37)28-32-7-9-35(10-8-32)44-17-22-56(44)66(61,62)52-48(58)41-24-39(34-13-14-34)46(26-43(41)50)63-36-15-20-53(29-36)27-31-5-2-1-3-6-31/h1-3,5-10,23-26,33-34,36-37,44H,4,11-22,27-30H2,(H,51,57)(H,52,58)/t36?,37-,44?/m1/s1. The summed E-state index contributed by atoms with van der Waals surface area (Å²) in [5.41, 5.74) is 3.76. The molecule has 66 heavy (non-hydrogen) atoms. The number of ether oxygens (including phenoxy) is 2. The Morgan fingerprint density at radius 2 is 1.09 bits per heavy atom. The number of rotatable bonds is 17. The van der Waals surface area contributed by atoms with Crippen LogP contribution in [0.15, 0.2) is 78.9 Å². The molecule has 3 atom stereocenters. The van der Waals surface area contributed by atoms with E-state index in [4.69, 9.17) is 9.47 Å². The SMILES string of the molecule is O=C(NS(=O)(=O)N1CCC1)c1cc(C2CC2)c(O[C@@H]2CCN(Cc3ccc(C4CCN4S(=O)(=O)NC(=O)c4cc(C5CC5)c(OC5CCN(Cc6ccccc6)C5)cc4F)cc3)C2)cc1F. The van der Waals surface area contributed by atoms with Gasteiger partial charge in [0.25, 0.3) is 11.8 Å². The maximum atomic E-state index is 15.7. The van der Waals surface area contributed by atoms with Crippen molar-refractivity contribution in [3.63, 3.8) is 0 Å². The predicted octanol–water partition coefficient (Wildman–Crippen LogP) is 6.13. The number of carbonyl (C=O) groups excluding carboxylic acids is 2. The highest BCUT2D eigenvalue weighted by atomic mass is 32.2. The number of carbonyl (C=O) groups is 2. The molecule has 4 aromatic carbocycles. The van der Waals surface area contributed by atoms with Gasteiger partial charge >= 0.3 is 20.4 Å². The Kier molecular flexibility index (Phi) is 12.4. The van der Waals surface area contributed by atoms with E-state index in [1.54, 1.807) is 0 Å². The Morgan fingerprint density at radius 1 is 0.591 bits per heavy atom. The summed E-state index contributed by atoms with van der Waals surface area (Å²) >= 11 is 0. The second kappa shape index (κ2) is 18.3. The first-order valence-electron chi connectivity index (χ1n) is 23.0. The van der Waals surface area contributed by atoms with Gasteiger partial charge in [-0.3, -0.25) is 19.4 Å². The number of hydrogen-bond acceptors (Lipinski definition) is 10. The molecule has 2 unspecified atom stereocenters. The number of halogens is 2. The molecule has 2 saturated carbocycles. The number of likely N-dealkylation sites (tertiary alicyclic amines) is 2. The number of benzene rings is 4. The van der Waals surface area contributed by atoms with Crippen molar-refractivity contribution in [2.24, 2.45) is 0 Å². The van der Waals surface area contributed by atoms with Gasteiger partial charge in [-0.05, 0) is 103 Å². The minimum Gasteiger partial charge on any atom is -0.489 e. The van der Waals surface area contributed by atoms with Crippen molar-refractivity contribution in [2.45, 2.75) is 94.5 Å². The third-order valence-corrected chi connectivity index (χ3v) is 16.7. The fourth-order valence-corrected chi connectivity index (χ4v) is 12.1. The van der Waals surface area contributed by atoms with E-state index in [2.05, 4.69) is 26.7 Å². The van der Waals surface area contributed by atoms with E-state index >= 15 is 8.78 Å². The van der Waals surface area contributed by atoms with E-state index in [0.717, 1.165) is 72.7 Å². The summed E-state index contributed by atoms with van der Waals surface area (Å²) in [5.74, 6) is -2.70. The molecule has 18 heteroatoms. The summed E-state index contributed by atoms with van der Waals surface area (Å²) in [6.07, 6.45) is 5.89. The molecule has 14 nitrogen and oxygen atoms in total. The van der Waals surface area contributed by atoms with Crippen molar-refractivity contribution < 1.29 is 44.7 Å². The lowest BCUT2D eigenvalue weighted by Crippen LogP contribution is -2.51. The largest absolute Gasteiger partial charge is 0.489 e. The van der Waals surface area contributed by atoms with Gasteiger partial charge in [0.1, 0.15) is 35.3 Å². The van der Waals surface area contributed by atoms with Crippen molar-refractivity contribution in [3.8, 4) is 11.5 Å². The van der Waals surface area contributed by atoms with Gasteiger partial charge in [-0.1, -0.05) is 54.6 Å². The first kappa shape index (κ1) is 44.8. The van der Waals surface area contributed by atoms with Crippen LogP contribution in [0.25, 0.3) is 0 Å². The Hall–Kier alpha value is -4.98. The number of nitrogens with zero attached hydrogens (tertiary/aromatic N) is 4. The zero-order valence-electron chi connectivity index (χ0n) is 36.5. The molecule has 2 amide bonds. The van der Waals surface area contributed by atoms with Crippen LogP contribution in [0.4, 0.5) is 8.78 Å². The monoisotopic (exact) mass is 944 g/mol. The second-order valence-electron chi connectivity index (χ2n) is 18.6. The van der Waals surface area contributed by atoms with Gasteiger partial charge in [-0.15, -0.1) is 0 Å².